The number of rotatable bonds is 15. The molecule has 0 aromatic heterocycles. The number of ether oxygens (including phenoxy) is 1. The molecule has 3 unspecified atom stereocenters. The zero-order chi connectivity index (χ0) is 30.2. The van der Waals surface area contributed by atoms with E-state index in [-0.39, 0.29) is 17.7 Å². The van der Waals surface area contributed by atoms with Crippen LogP contribution in [-0.4, -0.2) is 79.7 Å². The number of aryl methyl sites for hydroxylation is 1. The topological polar surface area (TPSA) is 120 Å². The summed E-state index contributed by atoms with van der Waals surface area (Å²) in [5.74, 6) is 0.345. The molecular formula is C31H43ClN4O5. The number of halogens is 1. The van der Waals surface area contributed by atoms with Crippen LogP contribution >= 0.6 is 11.6 Å². The van der Waals surface area contributed by atoms with Gasteiger partial charge in [0.25, 0.3) is 0 Å². The molecule has 3 rings (SSSR count). The second-order valence-corrected chi connectivity index (χ2v) is 10.3. The number of aliphatic hydroxyl groups is 1. The standard InChI is InChI=1S/C24H36N4O5.C7H7Cl/c1-4-26-23(31)22(17(2)30)28(3)24(32)21(19-11-12-19)27-14-15-33-20-10-6-5-8-18(20)9-7-13-25-16-29;1-6-2-4-7(8)5-3-6/h5-10,16-17,19,21-22,27,30H,4,11-15H2,1-3H3,(H,25,29)(H,26,31);2-5H,1H3/b9-7+;. The van der Waals surface area contributed by atoms with Gasteiger partial charge in [0.15, 0.2) is 0 Å². The SMILES string of the molecule is CCNC(=O)C(C(C)O)N(C)C(=O)C(NCCOc1ccccc1/C=C/CNC=O)C1CC1.Cc1ccc(Cl)cc1. The summed E-state index contributed by atoms with van der Waals surface area (Å²) in [4.78, 5) is 37.2. The molecule has 41 heavy (non-hydrogen) atoms. The predicted octanol–water partition coefficient (Wildman–Crippen LogP) is 3.19. The summed E-state index contributed by atoms with van der Waals surface area (Å²) in [5.41, 5.74) is 2.14. The number of amides is 3. The van der Waals surface area contributed by atoms with Gasteiger partial charge in [0.1, 0.15) is 18.4 Å². The van der Waals surface area contributed by atoms with E-state index in [1.807, 2.05) is 67.6 Å². The Bertz CT molecular complexity index is 1100. The minimum Gasteiger partial charge on any atom is -0.492 e. The van der Waals surface area contributed by atoms with Crippen molar-refractivity contribution in [1.29, 1.82) is 0 Å². The summed E-state index contributed by atoms with van der Waals surface area (Å²) < 4.78 is 5.91. The highest BCUT2D eigenvalue weighted by Crippen LogP contribution is 2.33. The summed E-state index contributed by atoms with van der Waals surface area (Å²) in [6.45, 7) is 7.01. The van der Waals surface area contributed by atoms with Crippen LogP contribution in [0.25, 0.3) is 6.08 Å². The molecule has 0 radical (unpaired) electrons. The van der Waals surface area contributed by atoms with Gasteiger partial charge in [-0.05, 0) is 57.7 Å². The molecule has 1 saturated carbocycles. The van der Waals surface area contributed by atoms with E-state index in [1.165, 1.54) is 17.4 Å². The maximum absolute atomic E-state index is 13.2. The highest BCUT2D eigenvalue weighted by molar-refractivity contribution is 6.30. The van der Waals surface area contributed by atoms with Crippen LogP contribution in [0.5, 0.6) is 5.75 Å². The number of benzene rings is 2. The molecule has 9 nitrogen and oxygen atoms in total. The fourth-order valence-corrected chi connectivity index (χ4v) is 4.33. The van der Waals surface area contributed by atoms with Crippen LogP contribution < -0.4 is 20.7 Å². The zero-order valence-electron chi connectivity index (χ0n) is 24.3. The smallest absolute Gasteiger partial charge is 0.245 e. The van der Waals surface area contributed by atoms with E-state index in [9.17, 15) is 19.5 Å². The number of para-hydroxylation sites is 1. The van der Waals surface area contributed by atoms with Gasteiger partial charge in [-0.3, -0.25) is 14.4 Å². The maximum atomic E-state index is 13.2. The van der Waals surface area contributed by atoms with Crippen molar-refractivity contribution in [2.24, 2.45) is 5.92 Å². The first-order valence-corrected chi connectivity index (χ1v) is 14.3. The lowest BCUT2D eigenvalue weighted by molar-refractivity contribution is -0.144. The van der Waals surface area contributed by atoms with Crippen LogP contribution in [0.15, 0.2) is 54.6 Å². The number of aliphatic hydroxyl groups excluding tert-OH is 1. The van der Waals surface area contributed by atoms with Crippen molar-refractivity contribution < 1.29 is 24.2 Å². The monoisotopic (exact) mass is 586 g/mol. The molecule has 3 atom stereocenters. The third-order valence-corrected chi connectivity index (χ3v) is 6.72. The summed E-state index contributed by atoms with van der Waals surface area (Å²) in [7, 11) is 1.56. The molecule has 0 saturated heterocycles. The summed E-state index contributed by atoms with van der Waals surface area (Å²) >= 11 is 5.61. The van der Waals surface area contributed by atoms with Gasteiger partial charge in [0.2, 0.25) is 18.2 Å². The van der Waals surface area contributed by atoms with Crippen molar-refractivity contribution >= 4 is 35.9 Å². The molecule has 10 heteroatoms. The number of hydrogen-bond acceptors (Lipinski definition) is 6. The van der Waals surface area contributed by atoms with Gasteiger partial charge in [-0.15, -0.1) is 0 Å². The molecule has 3 amide bonds. The predicted molar refractivity (Wildman–Crippen MR) is 163 cm³/mol. The third-order valence-electron chi connectivity index (χ3n) is 6.47. The normalized spacial score (nSPS) is 14.7. The van der Waals surface area contributed by atoms with Crippen LogP contribution in [-0.2, 0) is 14.4 Å². The van der Waals surface area contributed by atoms with E-state index in [1.54, 1.807) is 14.0 Å². The fraction of sp³-hybridized carbons (Fsp3) is 0.452. The molecular weight excluding hydrogens is 544 g/mol. The molecule has 1 aliphatic rings. The van der Waals surface area contributed by atoms with Crippen LogP contribution in [0.4, 0.5) is 0 Å². The van der Waals surface area contributed by atoms with E-state index in [0.29, 0.717) is 38.4 Å². The number of nitrogens with zero attached hydrogens (tertiary/aromatic N) is 1. The van der Waals surface area contributed by atoms with Crippen molar-refractivity contribution in [3.8, 4) is 5.75 Å². The molecule has 2 aromatic rings. The van der Waals surface area contributed by atoms with Crippen molar-refractivity contribution in [3.63, 3.8) is 0 Å². The number of hydrogen-bond donors (Lipinski definition) is 4. The van der Waals surface area contributed by atoms with Gasteiger partial charge in [-0.25, -0.2) is 0 Å². The second-order valence-electron chi connectivity index (χ2n) is 9.91. The van der Waals surface area contributed by atoms with Gasteiger partial charge in [0, 0.05) is 37.3 Å². The molecule has 1 aliphatic carbocycles. The molecule has 0 heterocycles. The number of nitrogens with one attached hydrogen (secondary N) is 3. The fourth-order valence-electron chi connectivity index (χ4n) is 4.20. The van der Waals surface area contributed by atoms with Gasteiger partial charge < -0.3 is 30.7 Å². The van der Waals surface area contributed by atoms with E-state index >= 15 is 0 Å². The first-order valence-electron chi connectivity index (χ1n) is 13.9. The van der Waals surface area contributed by atoms with Gasteiger partial charge >= 0.3 is 0 Å². The zero-order valence-corrected chi connectivity index (χ0v) is 25.1. The van der Waals surface area contributed by atoms with Crippen LogP contribution in [0.3, 0.4) is 0 Å². The minimum absolute atomic E-state index is 0.208. The first-order chi connectivity index (χ1) is 19.7. The van der Waals surface area contributed by atoms with E-state index in [4.69, 9.17) is 16.3 Å². The lowest BCUT2D eigenvalue weighted by atomic mass is 10.1. The Balaban J connectivity index is 0.000000629. The Morgan fingerprint density at radius 1 is 1.17 bits per heavy atom. The van der Waals surface area contributed by atoms with Crippen molar-refractivity contribution in [2.75, 3.05) is 33.3 Å². The van der Waals surface area contributed by atoms with Crippen LogP contribution in [0.2, 0.25) is 5.02 Å². The highest BCUT2D eigenvalue weighted by Gasteiger charge is 2.40. The molecule has 224 valence electrons. The van der Waals surface area contributed by atoms with Gasteiger partial charge in [-0.1, -0.05) is 59.6 Å². The first kappa shape index (κ1) is 33.8. The largest absolute Gasteiger partial charge is 0.492 e. The Morgan fingerprint density at radius 2 is 1.85 bits per heavy atom. The molecule has 2 aromatic carbocycles. The van der Waals surface area contributed by atoms with Crippen molar-refractivity contribution in [1.82, 2.24) is 20.9 Å². The third kappa shape index (κ3) is 11.9. The number of carbonyl (C=O) groups excluding carboxylic acids is 3. The molecule has 0 spiro atoms. The Hall–Kier alpha value is -3.40. The molecule has 1 fully saturated rings. The quantitative estimate of drug-likeness (QED) is 0.188. The number of likely N-dealkylation sites (N-methyl/N-ethyl adjacent to an activating group) is 2. The van der Waals surface area contributed by atoms with E-state index in [0.717, 1.165) is 23.4 Å². The summed E-state index contributed by atoms with van der Waals surface area (Å²) in [6, 6.07) is 13.9. The Labute approximate surface area is 248 Å². The van der Waals surface area contributed by atoms with Crippen molar-refractivity contribution in [3.05, 3.63) is 70.8 Å². The maximum Gasteiger partial charge on any atom is 0.245 e. The van der Waals surface area contributed by atoms with E-state index in [2.05, 4.69) is 16.0 Å². The van der Waals surface area contributed by atoms with Gasteiger partial charge in [0.05, 0.1) is 12.1 Å². The Morgan fingerprint density at radius 3 is 2.44 bits per heavy atom. The molecule has 0 aliphatic heterocycles. The minimum atomic E-state index is -0.986. The van der Waals surface area contributed by atoms with Crippen LogP contribution in [0, 0.1) is 12.8 Å². The average molecular weight is 587 g/mol. The number of carbonyl (C=O) groups is 3. The highest BCUT2D eigenvalue weighted by atomic mass is 35.5. The van der Waals surface area contributed by atoms with Crippen LogP contribution in [0.1, 0.15) is 37.8 Å². The molecule has 0 bridgehead atoms. The van der Waals surface area contributed by atoms with Crippen molar-refractivity contribution in [2.45, 2.75) is 51.8 Å². The lowest BCUT2D eigenvalue weighted by Gasteiger charge is -2.32. The molecule has 4 N–H and O–H groups in total. The average Bonchev–Trinajstić information content (AvgIpc) is 3.79. The lowest BCUT2D eigenvalue weighted by Crippen LogP contribution is -2.57. The summed E-state index contributed by atoms with van der Waals surface area (Å²) in [6.07, 6.45) is 5.26. The van der Waals surface area contributed by atoms with Gasteiger partial charge in [-0.2, -0.15) is 0 Å². The Kier molecular flexibility index (Phi) is 14.9. The van der Waals surface area contributed by atoms with E-state index < -0.39 is 18.2 Å². The summed E-state index contributed by atoms with van der Waals surface area (Å²) in [5, 5.41) is 19.4. The second kappa shape index (κ2) is 18.1.